The van der Waals surface area contributed by atoms with Crippen molar-refractivity contribution in [3.8, 4) is 5.88 Å². The molecule has 126 valence electrons. The number of carbonyl (C=O) groups is 1. The number of nitrogens with zero attached hydrogens (tertiary/aromatic N) is 2. The Balaban J connectivity index is 1.54. The second-order valence-electron chi connectivity index (χ2n) is 6.41. The highest BCUT2D eigenvalue weighted by molar-refractivity contribution is 5.77. The molecule has 23 heavy (non-hydrogen) atoms. The summed E-state index contributed by atoms with van der Waals surface area (Å²) in [7, 11) is 0. The molecule has 0 aliphatic carbocycles. The molecule has 0 saturated carbocycles. The van der Waals surface area contributed by atoms with Gasteiger partial charge in [0.05, 0.1) is 19.7 Å². The Hall–Kier alpha value is -1.69. The Kier molecular flexibility index (Phi) is 4.80. The van der Waals surface area contributed by atoms with Gasteiger partial charge in [0.25, 0.3) is 5.88 Å². The van der Waals surface area contributed by atoms with E-state index < -0.39 is 5.82 Å². The highest BCUT2D eigenvalue weighted by Gasteiger charge is 2.49. The van der Waals surface area contributed by atoms with Gasteiger partial charge >= 0.3 is 0 Å². The first-order valence-electron chi connectivity index (χ1n) is 8.31. The van der Waals surface area contributed by atoms with E-state index in [1.807, 2.05) is 4.90 Å². The molecule has 0 aromatic carbocycles. The van der Waals surface area contributed by atoms with E-state index in [-0.39, 0.29) is 23.5 Å². The van der Waals surface area contributed by atoms with E-state index in [0.717, 1.165) is 12.8 Å². The average Bonchev–Trinajstić information content (AvgIpc) is 2.52. The summed E-state index contributed by atoms with van der Waals surface area (Å²) in [5.41, 5.74) is -0.323. The Morgan fingerprint density at radius 3 is 3.13 bits per heavy atom. The zero-order valence-electron chi connectivity index (χ0n) is 13.5. The standard InChI is InChI=1S/C17H23FN2O3/c1-2-3-6-15(21)20-11-17(12-20)10-13(7-9-22-17)23-16-14(18)5-4-8-19-16/h4-5,8,13H,2-3,6-7,9-12H2,1H3. The first-order chi connectivity index (χ1) is 11.1. The van der Waals surface area contributed by atoms with Gasteiger partial charge in [-0.25, -0.2) is 9.37 Å². The van der Waals surface area contributed by atoms with Crippen LogP contribution in [0, 0.1) is 5.82 Å². The smallest absolute Gasteiger partial charge is 0.250 e. The van der Waals surface area contributed by atoms with E-state index in [9.17, 15) is 9.18 Å². The van der Waals surface area contributed by atoms with E-state index >= 15 is 0 Å². The van der Waals surface area contributed by atoms with Gasteiger partial charge in [0.2, 0.25) is 5.91 Å². The number of amides is 1. The third kappa shape index (κ3) is 3.63. The normalized spacial score (nSPS) is 22.7. The summed E-state index contributed by atoms with van der Waals surface area (Å²) in [5, 5.41) is 0. The molecule has 2 fully saturated rings. The monoisotopic (exact) mass is 322 g/mol. The van der Waals surface area contributed by atoms with Crippen LogP contribution in [0.15, 0.2) is 18.3 Å². The van der Waals surface area contributed by atoms with Gasteiger partial charge in [-0.05, 0) is 18.6 Å². The third-order valence-corrected chi connectivity index (χ3v) is 4.51. The molecular formula is C17H23FN2O3. The van der Waals surface area contributed by atoms with Crippen molar-refractivity contribution in [1.29, 1.82) is 0 Å². The molecule has 3 rings (SSSR count). The van der Waals surface area contributed by atoms with Crippen molar-refractivity contribution in [3.63, 3.8) is 0 Å². The van der Waals surface area contributed by atoms with Gasteiger partial charge in [-0.3, -0.25) is 4.79 Å². The molecule has 3 heterocycles. The molecule has 0 radical (unpaired) electrons. The predicted octanol–water partition coefficient (Wildman–Crippen LogP) is 2.55. The maximum absolute atomic E-state index is 13.6. The van der Waals surface area contributed by atoms with Gasteiger partial charge in [0.1, 0.15) is 11.7 Å². The summed E-state index contributed by atoms with van der Waals surface area (Å²) in [6.45, 7) is 3.87. The van der Waals surface area contributed by atoms with Crippen LogP contribution in [-0.2, 0) is 9.53 Å². The number of halogens is 1. The second-order valence-corrected chi connectivity index (χ2v) is 6.41. The maximum Gasteiger partial charge on any atom is 0.250 e. The second kappa shape index (κ2) is 6.83. The molecule has 1 unspecified atom stereocenters. The van der Waals surface area contributed by atoms with Gasteiger partial charge in [-0.15, -0.1) is 0 Å². The largest absolute Gasteiger partial charge is 0.472 e. The van der Waals surface area contributed by atoms with Crippen LogP contribution in [0.1, 0.15) is 39.0 Å². The number of rotatable bonds is 5. The quantitative estimate of drug-likeness (QED) is 0.836. The highest BCUT2D eigenvalue weighted by atomic mass is 19.1. The van der Waals surface area contributed by atoms with Crippen molar-refractivity contribution >= 4 is 5.91 Å². The van der Waals surface area contributed by atoms with Crippen molar-refractivity contribution < 1.29 is 18.7 Å². The van der Waals surface area contributed by atoms with Crippen molar-refractivity contribution in [1.82, 2.24) is 9.88 Å². The minimum atomic E-state index is -0.446. The summed E-state index contributed by atoms with van der Waals surface area (Å²) in [6, 6.07) is 2.88. The summed E-state index contributed by atoms with van der Waals surface area (Å²) in [4.78, 5) is 17.8. The molecular weight excluding hydrogens is 299 g/mol. The molecule has 1 spiro atoms. The Bertz CT molecular complexity index is 561. The van der Waals surface area contributed by atoms with Gasteiger partial charge in [0.15, 0.2) is 5.82 Å². The van der Waals surface area contributed by atoms with Crippen molar-refractivity contribution in [3.05, 3.63) is 24.1 Å². The number of hydrogen-bond acceptors (Lipinski definition) is 4. The molecule has 2 saturated heterocycles. The van der Waals surface area contributed by atoms with Gasteiger partial charge < -0.3 is 14.4 Å². The van der Waals surface area contributed by atoms with E-state index in [4.69, 9.17) is 9.47 Å². The summed E-state index contributed by atoms with van der Waals surface area (Å²) in [5.74, 6) is -0.206. The Morgan fingerprint density at radius 1 is 1.57 bits per heavy atom. The first kappa shape index (κ1) is 16.2. The Labute approximate surface area is 135 Å². The molecule has 1 atom stereocenters. The van der Waals surface area contributed by atoms with Crippen LogP contribution in [0.2, 0.25) is 0 Å². The number of likely N-dealkylation sites (tertiary alicyclic amines) is 1. The number of pyridine rings is 1. The van der Waals surface area contributed by atoms with Crippen LogP contribution in [0.25, 0.3) is 0 Å². The molecule has 2 aliphatic rings. The van der Waals surface area contributed by atoms with Gasteiger partial charge in [-0.2, -0.15) is 0 Å². The lowest BCUT2D eigenvalue weighted by Crippen LogP contribution is -2.67. The lowest BCUT2D eigenvalue weighted by molar-refractivity contribution is -0.193. The van der Waals surface area contributed by atoms with Crippen molar-refractivity contribution in [2.24, 2.45) is 0 Å². The summed E-state index contributed by atoms with van der Waals surface area (Å²) < 4.78 is 25.3. The SMILES string of the molecule is CCCCC(=O)N1CC2(CC(Oc3ncccc3F)CCO2)C1. The van der Waals surface area contributed by atoms with E-state index in [1.54, 1.807) is 6.07 Å². The van der Waals surface area contributed by atoms with E-state index in [0.29, 0.717) is 39.0 Å². The van der Waals surface area contributed by atoms with Crippen LogP contribution in [0.3, 0.4) is 0 Å². The van der Waals surface area contributed by atoms with Gasteiger partial charge in [-0.1, -0.05) is 13.3 Å². The molecule has 1 aromatic heterocycles. The van der Waals surface area contributed by atoms with Crippen LogP contribution in [-0.4, -0.2) is 47.2 Å². The number of carbonyl (C=O) groups excluding carboxylic acids is 1. The van der Waals surface area contributed by atoms with E-state index in [2.05, 4.69) is 11.9 Å². The molecule has 1 aromatic rings. The molecule has 2 aliphatic heterocycles. The highest BCUT2D eigenvalue weighted by Crippen LogP contribution is 2.36. The van der Waals surface area contributed by atoms with Crippen molar-refractivity contribution in [2.75, 3.05) is 19.7 Å². The summed E-state index contributed by atoms with van der Waals surface area (Å²) >= 11 is 0. The lowest BCUT2D eigenvalue weighted by atomic mass is 9.84. The predicted molar refractivity (Wildman–Crippen MR) is 82.6 cm³/mol. The third-order valence-electron chi connectivity index (χ3n) is 4.51. The van der Waals surface area contributed by atoms with Crippen LogP contribution in [0.4, 0.5) is 4.39 Å². The minimum absolute atomic E-state index is 0.0461. The van der Waals surface area contributed by atoms with Crippen LogP contribution >= 0.6 is 0 Å². The molecule has 0 bridgehead atoms. The number of hydrogen-bond donors (Lipinski definition) is 0. The maximum atomic E-state index is 13.6. The minimum Gasteiger partial charge on any atom is -0.472 e. The molecule has 6 heteroatoms. The fourth-order valence-electron chi connectivity index (χ4n) is 3.23. The fraction of sp³-hybridized carbons (Fsp3) is 0.647. The number of unbranched alkanes of at least 4 members (excludes halogenated alkanes) is 1. The average molecular weight is 322 g/mol. The Morgan fingerprint density at radius 2 is 2.39 bits per heavy atom. The number of ether oxygens (including phenoxy) is 2. The van der Waals surface area contributed by atoms with Crippen molar-refractivity contribution in [2.45, 2.75) is 50.7 Å². The van der Waals surface area contributed by atoms with Crippen LogP contribution < -0.4 is 4.74 Å². The first-order valence-corrected chi connectivity index (χ1v) is 8.31. The number of aromatic nitrogens is 1. The summed E-state index contributed by atoms with van der Waals surface area (Å²) in [6.07, 6.45) is 5.32. The van der Waals surface area contributed by atoms with Crippen LogP contribution in [0.5, 0.6) is 5.88 Å². The molecule has 5 nitrogen and oxygen atoms in total. The van der Waals surface area contributed by atoms with E-state index in [1.165, 1.54) is 12.3 Å². The topological polar surface area (TPSA) is 51.7 Å². The fourth-order valence-corrected chi connectivity index (χ4v) is 3.23. The molecule has 1 amide bonds. The lowest BCUT2D eigenvalue weighted by Gasteiger charge is -2.52. The zero-order valence-corrected chi connectivity index (χ0v) is 13.5. The van der Waals surface area contributed by atoms with Gasteiger partial charge in [0, 0.05) is 25.5 Å². The molecule has 0 N–H and O–H groups in total. The zero-order chi connectivity index (χ0) is 16.3.